The predicted octanol–water partition coefficient (Wildman–Crippen LogP) is 14.2. The van der Waals surface area contributed by atoms with Crippen molar-refractivity contribution in [3.63, 3.8) is 0 Å². The number of nitrogens with zero attached hydrogens (tertiary/aromatic N) is 4. The standard InChI is InChI=1S/C55H34N4/c1-3-13-35(14-4-1)36-23-25-37(26-24-36)38-27-29-41(30-28-38)54-56-53(40-16-5-2-6-17-40)57-55(58-54)59-49-34-33-47-45-21-10-9-19-43(45)44-20-11-12-22-46(44)50(47)51(49)48-32-31-39-15-7-8-18-42(39)52(48)59/h1-34H. The van der Waals surface area contributed by atoms with Crippen molar-refractivity contribution in [3.8, 4) is 51.0 Å². The molecule has 59 heavy (non-hydrogen) atoms. The molecule has 2 aromatic heterocycles. The molecule has 0 unspecified atom stereocenters. The molecule has 0 aliphatic carbocycles. The zero-order chi connectivity index (χ0) is 38.9. The number of hydrogen-bond donors (Lipinski definition) is 0. The minimum atomic E-state index is 0.579. The van der Waals surface area contributed by atoms with Crippen molar-refractivity contribution in [2.75, 3.05) is 0 Å². The van der Waals surface area contributed by atoms with Crippen LogP contribution in [0.4, 0.5) is 0 Å². The molecular weight excluding hydrogens is 717 g/mol. The van der Waals surface area contributed by atoms with E-state index >= 15 is 0 Å². The average Bonchev–Trinajstić information content (AvgIpc) is 3.67. The molecule has 4 nitrogen and oxygen atoms in total. The highest BCUT2D eigenvalue weighted by molar-refractivity contribution is 6.36. The summed E-state index contributed by atoms with van der Waals surface area (Å²) in [5.41, 5.74) is 8.67. The van der Waals surface area contributed by atoms with Crippen molar-refractivity contribution in [1.29, 1.82) is 0 Å². The Labute approximate surface area is 340 Å². The number of aromatic nitrogens is 4. The van der Waals surface area contributed by atoms with E-state index in [0.29, 0.717) is 17.6 Å². The van der Waals surface area contributed by atoms with Gasteiger partial charge in [0.05, 0.1) is 11.0 Å². The molecule has 0 spiro atoms. The van der Waals surface area contributed by atoms with Gasteiger partial charge < -0.3 is 0 Å². The number of benzene rings is 10. The van der Waals surface area contributed by atoms with Gasteiger partial charge in [-0.25, -0.2) is 4.98 Å². The quantitative estimate of drug-likeness (QED) is 0.165. The van der Waals surface area contributed by atoms with E-state index in [1.807, 2.05) is 24.3 Å². The fourth-order valence-corrected chi connectivity index (χ4v) is 9.08. The summed E-state index contributed by atoms with van der Waals surface area (Å²) in [4.78, 5) is 15.8. The highest BCUT2D eigenvalue weighted by Crippen LogP contribution is 2.45. The Bertz CT molecular complexity index is 3540. The van der Waals surface area contributed by atoms with E-state index in [2.05, 4.69) is 187 Å². The molecule has 4 heteroatoms. The predicted molar refractivity (Wildman–Crippen MR) is 246 cm³/mol. The first kappa shape index (κ1) is 33.2. The van der Waals surface area contributed by atoms with E-state index in [-0.39, 0.29) is 0 Å². The van der Waals surface area contributed by atoms with Gasteiger partial charge in [0.2, 0.25) is 5.95 Å². The monoisotopic (exact) mass is 750 g/mol. The van der Waals surface area contributed by atoms with E-state index in [1.54, 1.807) is 0 Å². The summed E-state index contributed by atoms with van der Waals surface area (Å²) >= 11 is 0. The van der Waals surface area contributed by atoms with Gasteiger partial charge in [0.25, 0.3) is 0 Å². The van der Waals surface area contributed by atoms with Crippen LogP contribution in [-0.4, -0.2) is 19.5 Å². The summed E-state index contributed by atoms with van der Waals surface area (Å²) in [6, 6.07) is 73.3. The first-order valence-corrected chi connectivity index (χ1v) is 20.0. The van der Waals surface area contributed by atoms with Crippen LogP contribution in [0.5, 0.6) is 0 Å². The first-order chi connectivity index (χ1) is 29.3. The SMILES string of the molecule is c1ccc(-c2ccc(-c3ccc(-c4nc(-c5ccccc5)nc(-n5c6ccc7c8ccccc8c8ccccc8c7c6c6ccc7ccccc7c65)n4)cc3)cc2)cc1. The molecule has 0 atom stereocenters. The Balaban J connectivity index is 1.11. The van der Waals surface area contributed by atoms with Gasteiger partial charge in [-0.3, -0.25) is 4.57 Å². The topological polar surface area (TPSA) is 43.6 Å². The Morgan fingerprint density at radius 2 is 0.695 bits per heavy atom. The van der Waals surface area contributed by atoms with Gasteiger partial charge in [0.1, 0.15) is 0 Å². The number of hydrogen-bond acceptors (Lipinski definition) is 3. The highest BCUT2D eigenvalue weighted by Gasteiger charge is 2.23. The molecule has 0 fully saturated rings. The lowest BCUT2D eigenvalue weighted by Crippen LogP contribution is -2.06. The van der Waals surface area contributed by atoms with Crippen LogP contribution in [0.2, 0.25) is 0 Å². The van der Waals surface area contributed by atoms with Crippen LogP contribution in [0.15, 0.2) is 206 Å². The van der Waals surface area contributed by atoms with Gasteiger partial charge in [-0.15, -0.1) is 0 Å². The molecule has 12 rings (SSSR count). The zero-order valence-electron chi connectivity index (χ0n) is 31.9. The van der Waals surface area contributed by atoms with E-state index in [9.17, 15) is 0 Å². The lowest BCUT2D eigenvalue weighted by Gasteiger charge is -2.13. The summed E-state index contributed by atoms with van der Waals surface area (Å²) in [7, 11) is 0. The zero-order valence-corrected chi connectivity index (χ0v) is 31.9. The summed E-state index contributed by atoms with van der Waals surface area (Å²) in [5, 5.41) is 12.1. The molecule has 0 saturated heterocycles. The van der Waals surface area contributed by atoms with Crippen LogP contribution in [0.25, 0.3) is 116 Å². The molecule has 0 aliphatic heterocycles. The Morgan fingerprint density at radius 3 is 1.31 bits per heavy atom. The van der Waals surface area contributed by atoms with E-state index in [0.717, 1.165) is 49.4 Å². The van der Waals surface area contributed by atoms with Gasteiger partial charge >= 0.3 is 0 Å². The minimum absolute atomic E-state index is 0.579. The second-order valence-electron chi connectivity index (χ2n) is 15.2. The van der Waals surface area contributed by atoms with Crippen LogP contribution in [0.3, 0.4) is 0 Å². The second kappa shape index (κ2) is 13.3. The van der Waals surface area contributed by atoms with Crippen LogP contribution in [-0.2, 0) is 0 Å². The van der Waals surface area contributed by atoms with Crippen molar-refractivity contribution in [2.24, 2.45) is 0 Å². The van der Waals surface area contributed by atoms with Gasteiger partial charge in [-0.1, -0.05) is 200 Å². The molecule has 12 aromatic rings. The van der Waals surface area contributed by atoms with Crippen molar-refractivity contribution >= 4 is 64.9 Å². The van der Waals surface area contributed by atoms with Crippen LogP contribution in [0.1, 0.15) is 0 Å². The molecule has 274 valence electrons. The maximum absolute atomic E-state index is 5.36. The third-order valence-electron chi connectivity index (χ3n) is 11.8. The molecule has 0 amide bonds. The Kier molecular flexibility index (Phi) is 7.50. The molecule has 0 radical (unpaired) electrons. The fourth-order valence-electron chi connectivity index (χ4n) is 9.08. The Morgan fingerprint density at radius 1 is 0.271 bits per heavy atom. The van der Waals surface area contributed by atoms with Gasteiger partial charge in [0, 0.05) is 32.7 Å². The summed E-state index contributed by atoms with van der Waals surface area (Å²) < 4.78 is 2.27. The maximum atomic E-state index is 5.36. The lowest BCUT2D eigenvalue weighted by atomic mass is 9.91. The third kappa shape index (κ3) is 5.34. The molecule has 0 saturated carbocycles. The second-order valence-corrected chi connectivity index (χ2v) is 15.2. The lowest BCUT2D eigenvalue weighted by molar-refractivity contribution is 0.955. The molecule has 2 heterocycles. The Hall–Kier alpha value is -7.95. The normalized spacial score (nSPS) is 11.7. The van der Waals surface area contributed by atoms with Gasteiger partial charge in [-0.2, -0.15) is 9.97 Å². The van der Waals surface area contributed by atoms with E-state index in [4.69, 9.17) is 15.0 Å². The number of rotatable bonds is 5. The van der Waals surface area contributed by atoms with E-state index in [1.165, 1.54) is 48.8 Å². The van der Waals surface area contributed by atoms with Crippen LogP contribution in [0, 0.1) is 0 Å². The molecule has 10 aromatic carbocycles. The van der Waals surface area contributed by atoms with Crippen molar-refractivity contribution in [3.05, 3.63) is 206 Å². The van der Waals surface area contributed by atoms with Gasteiger partial charge in [-0.05, 0) is 60.6 Å². The molecular formula is C55H34N4. The van der Waals surface area contributed by atoms with E-state index < -0.39 is 0 Å². The smallest absolute Gasteiger partial charge is 0.238 e. The average molecular weight is 751 g/mol. The summed E-state index contributed by atoms with van der Waals surface area (Å²) in [6.45, 7) is 0. The van der Waals surface area contributed by atoms with Crippen LogP contribution < -0.4 is 0 Å². The third-order valence-corrected chi connectivity index (χ3v) is 11.8. The first-order valence-electron chi connectivity index (χ1n) is 20.0. The van der Waals surface area contributed by atoms with Gasteiger partial charge in [0.15, 0.2) is 11.6 Å². The molecule has 0 bridgehead atoms. The van der Waals surface area contributed by atoms with Crippen molar-refractivity contribution in [2.45, 2.75) is 0 Å². The summed E-state index contributed by atoms with van der Waals surface area (Å²) in [6.07, 6.45) is 0. The molecule has 0 aliphatic rings. The molecule has 0 N–H and O–H groups in total. The maximum Gasteiger partial charge on any atom is 0.238 e. The highest BCUT2D eigenvalue weighted by atomic mass is 15.2. The van der Waals surface area contributed by atoms with Crippen LogP contribution >= 0.6 is 0 Å². The minimum Gasteiger partial charge on any atom is -0.277 e. The van der Waals surface area contributed by atoms with Crippen molar-refractivity contribution < 1.29 is 0 Å². The van der Waals surface area contributed by atoms with Crippen molar-refractivity contribution in [1.82, 2.24) is 19.5 Å². The largest absolute Gasteiger partial charge is 0.277 e. The number of fused-ring (bicyclic) bond motifs is 12. The summed E-state index contributed by atoms with van der Waals surface area (Å²) in [5.74, 6) is 1.82. The fraction of sp³-hybridized carbons (Fsp3) is 0.